The summed E-state index contributed by atoms with van der Waals surface area (Å²) < 4.78 is 53.3. The van der Waals surface area contributed by atoms with E-state index >= 15 is 0 Å². The summed E-state index contributed by atoms with van der Waals surface area (Å²) in [6.07, 6.45) is -1.45. The van der Waals surface area contributed by atoms with E-state index in [-0.39, 0.29) is 39.5 Å². The molecule has 0 fully saturated rings. The van der Waals surface area contributed by atoms with Gasteiger partial charge >= 0.3 is 6.09 Å². The Morgan fingerprint density at radius 2 is 1.91 bits per heavy atom. The van der Waals surface area contributed by atoms with Crippen LogP contribution in [-0.4, -0.2) is 44.7 Å². The maximum Gasteiger partial charge on any atom is 0.412 e. The molecule has 35 heavy (non-hydrogen) atoms. The fraction of sp³-hybridized carbons (Fsp3) is 0.391. The number of benzene rings is 2. The average Bonchev–Trinajstić information content (AvgIpc) is 2.72. The molecule has 0 spiro atoms. The lowest BCUT2D eigenvalue weighted by atomic mass is 10.1. The van der Waals surface area contributed by atoms with Gasteiger partial charge in [0.2, 0.25) is 5.91 Å². The third-order valence-electron chi connectivity index (χ3n) is 4.96. The van der Waals surface area contributed by atoms with Crippen molar-refractivity contribution in [1.29, 1.82) is 0 Å². The first-order chi connectivity index (χ1) is 16.2. The van der Waals surface area contributed by atoms with Gasteiger partial charge in [-0.2, -0.15) is 0 Å². The Labute approximate surface area is 208 Å². The number of sulfonamides is 1. The number of ether oxygens (including phenoxy) is 2. The van der Waals surface area contributed by atoms with E-state index < -0.39 is 39.7 Å². The molecule has 0 saturated heterocycles. The molecule has 2 atom stereocenters. The summed E-state index contributed by atoms with van der Waals surface area (Å²) in [6, 6.07) is 7.05. The summed E-state index contributed by atoms with van der Waals surface area (Å²) in [5, 5.41) is 4.93. The van der Waals surface area contributed by atoms with Crippen LogP contribution in [-0.2, 0) is 19.6 Å². The number of carbonyl (C=O) groups excluding carboxylic acids is 2. The van der Waals surface area contributed by atoms with E-state index in [0.717, 1.165) is 22.5 Å². The number of hydrogen-bond acceptors (Lipinski definition) is 6. The predicted molar refractivity (Wildman–Crippen MR) is 130 cm³/mol. The van der Waals surface area contributed by atoms with E-state index in [1.54, 1.807) is 27.7 Å². The van der Waals surface area contributed by atoms with Crippen molar-refractivity contribution in [3.63, 3.8) is 0 Å². The van der Waals surface area contributed by atoms with E-state index in [1.165, 1.54) is 25.1 Å². The maximum absolute atomic E-state index is 13.7. The van der Waals surface area contributed by atoms with Gasteiger partial charge in [-0.25, -0.2) is 17.6 Å². The van der Waals surface area contributed by atoms with Gasteiger partial charge in [-0.3, -0.25) is 14.4 Å². The maximum atomic E-state index is 13.7. The fourth-order valence-corrected chi connectivity index (χ4v) is 5.19. The van der Waals surface area contributed by atoms with Crippen LogP contribution in [0.15, 0.2) is 41.3 Å². The lowest BCUT2D eigenvalue weighted by Crippen LogP contribution is -2.52. The van der Waals surface area contributed by atoms with E-state index in [9.17, 15) is 22.4 Å². The molecule has 0 radical (unpaired) electrons. The topological polar surface area (TPSA) is 114 Å². The van der Waals surface area contributed by atoms with Gasteiger partial charge in [0, 0.05) is 12.6 Å². The molecule has 1 aliphatic heterocycles. The van der Waals surface area contributed by atoms with Crippen LogP contribution < -0.4 is 19.7 Å². The van der Waals surface area contributed by atoms with Crippen LogP contribution >= 0.6 is 11.6 Å². The Morgan fingerprint density at radius 1 is 1.23 bits per heavy atom. The molecule has 12 heteroatoms. The van der Waals surface area contributed by atoms with Gasteiger partial charge in [-0.05, 0) is 64.1 Å². The van der Waals surface area contributed by atoms with E-state index in [0.29, 0.717) is 0 Å². The quantitative estimate of drug-likeness (QED) is 0.599. The molecule has 9 nitrogen and oxygen atoms in total. The summed E-state index contributed by atoms with van der Waals surface area (Å²) >= 11 is 5.84. The SMILES string of the molecule is CC(=O)N[C@H](C)C1CN(S(=O)(=O)c2ccc(F)c(Cl)c2)c2cc(NC(=O)OC(C)(C)C)ccc2O1. The molecule has 1 heterocycles. The summed E-state index contributed by atoms with van der Waals surface area (Å²) in [6.45, 7) is 8.01. The van der Waals surface area contributed by atoms with Crippen LogP contribution in [0.3, 0.4) is 0 Å². The van der Waals surface area contributed by atoms with Crippen molar-refractivity contribution in [2.24, 2.45) is 0 Å². The second kappa shape index (κ2) is 9.90. The molecule has 2 aromatic rings. The van der Waals surface area contributed by atoms with Crippen molar-refractivity contribution in [2.45, 2.75) is 57.3 Å². The van der Waals surface area contributed by atoms with Crippen LogP contribution in [0.1, 0.15) is 34.6 Å². The number of halogens is 2. The Morgan fingerprint density at radius 3 is 2.51 bits per heavy atom. The number of nitrogens with zero attached hydrogens (tertiary/aromatic N) is 1. The second-order valence-corrected chi connectivity index (χ2v) is 11.3. The molecule has 190 valence electrons. The Balaban J connectivity index is 2.04. The summed E-state index contributed by atoms with van der Waals surface area (Å²) in [4.78, 5) is 23.6. The zero-order valence-electron chi connectivity index (χ0n) is 19.9. The van der Waals surface area contributed by atoms with Gasteiger partial charge in [0.05, 0.1) is 28.2 Å². The van der Waals surface area contributed by atoms with Crippen LogP contribution in [0, 0.1) is 5.82 Å². The molecule has 0 aromatic heterocycles. The molecule has 1 unspecified atom stereocenters. The van der Waals surface area contributed by atoms with Crippen molar-refractivity contribution >= 4 is 45.0 Å². The molecule has 2 aromatic carbocycles. The Kier molecular flexibility index (Phi) is 7.51. The number of anilines is 2. The molecule has 3 rings (SSSR count). The highest BCUT2D eigenvalue weighted by Gasteiger charge is 2.37. The smallest absolute Gasteiger partial charge is 0.412 e. The van der Waals surface area contributed by atoms with Crippen molar-refractivity contribution in [2.75, 3.05) is 16.2 Å². The monoisotopic (exact) mass is 527 g/mol. The van der Waals surface area contributed by atoms with Gasteiger partial charge < -0.3 is 14.8 Å². The number of nitrogens with one attached hydrogen (secondary N) is 2. The minimum atomic E-state index is -4.24. The van der Waals surface area contributed by atoms with Crippen LogP contribution in [0.5, 0.6) is 5.75 Å². The summed E-state index contributed by atoms with van der Waals surface area (Å²) in [5.74, 6) is -0.845. The minimum absolute atomic E-state index is 0.144. The molecular weight excluding hydrogens is 501 g/mol. The normalized spacial score (nSPS) is 16.5. The highest BCUT2D eigenvalue weighted by atomic mass is 35.5. The zero-order chi connectivity index (χ0) is 26.1. The van der Waals surface area contributed by atoms with Gasteiger partial charge in [0.25, 0.3) is 10.0 Å². The third-order valence-corrected chi connectivity index (χ3v) is 7.03. The van der Waals surface area contributed by atoms with E-state index in [4.69, 9.17) is 21.1 Å². The largest absolute Gasteiger partial charge is 0.484 e. The standard InChI is InChI=1S/C23H27ClFN3O6S/c1-13(26-14(2)29)21-12-28(35(31,32)16-7-8-18(25)17(24)11-16)19-10-15(6-9-20(19)33-21)27-22(30)34-23(3,4)5/h6-11,13,21H,12H2,1-5H3,(H,26,29)(H,27,30)/t13-,21?/m1/s1. The molecule has 2 amide bonds. The number of fused-ring (bicyclic) bond motifs is 1. The highest BCUT2D eigenvalue weighted by molar-refractivity contribution is 7.92. The van der Waals surface area contributed by atoms with Gasteiger partial charge in [-0.15, -0.1) is 0 Å². The third kappa shape index (κ3) is 6.34. The first-order valence-corrected chi connectivity index (χ1v) is 12.5. The van der Waals surface area contributed by atoms with Crippen LogP contribution in [0.25, 0.3) is 0 Å². The summed E-state index contributed by atoms with van der Waals surface area (Å²) in [5.41, 5.74) is -0.316. The Bertz CT molecular complexity index is 1250. The predicted octanol–water partition coefficient (Wildman–Crippen LogP) is 4.31. The second-order valence-electron chi connectivity index (χ2n) is 9.07. The highest BCUT2D eigenvalue weighted by Crippen LogP contribution is 2.40. The molecular formula is C23H27ClFN3O6S. The van der Waals surface area contributed by atoms with E-state index in [1.807, 2.05) is 0 Å². The van der Waals surface area contributed by atoms with Crippen LogP contribution in [0.4, 0.5) is 20.6 Å². The first kappa shape index (κ1) is 26.6. The van der Waals surface area contributed by atoms with Crippen molar-refractivity contribution < 1.29 is 31.9 Å². The molecule has 0 saturated carbocycles. The van der Waals surface area contributed by atoms with Crippen molar-refractivity contribution in [3.8, 4) is 5.75 Å². The summed E-state index contributed by atoms with van der Waals surface area (Å²) in [7, 11) is -4.24. The van der Waals surface area contributed by atoms with Gasteiger partial charge in [0.15, 0.2) is 0 Å². The zero-order valence-corrected chi connectivity index (χ0v) is 21.5. The fourth-order valence-electron chi connectivity index (χ4n) is 3.44. The molecule has 0 bridgehead atoms. The van der Waals surface area contributed by atoms with Gasteiger partial charge in [0.1, 0.15) is 23.3 Å². The van der Waals surface area contributed by atoms with Crippen molar-refractivity contribution in [3.05, 3.63) is 47.2 Å². The van der Waals surface area contributed by atoms with Crippen LogP contribution in [0.2, 0.25) is 5.02 Å². The average molecular weight is 528 g/mol. The number of hydrogen-bond donors (Lipinski definition) is 2. The van der Waals surface area contributed by atoms with Gasteiger partial charge in [-0.1, -0.05) is 11.6 Å². The minimum Gasteiger partial charge on any atom is -0.484 e. The molecule has 1 aliphatic rings. The van der Waals surface area contributed by atoms with Crippen molar-refractivity contribution in [1.82, 2.24) is 5.32 Å². The Hall–Kier alpha value is -3.05. The first-order valence-electron chi connectivity index (χ1n) is 10.7. The van der Waals surface area contributed by atoms with E-state index in [2.05, 4.69) is 10.6 Å². The lowest BCUT2D eigenvalue weighted by Gasteiger charge is -2.38. The lowest BCUT2D eigenvalue weighted by molar-refractivity contribution is -0.120. The number of rotatable bonds is 5. The number of carbonyl (C=O) groups is 2. The number of amides is 2. The molecule has 2 N–H and O–H groups in total. The molecule has 0 aliphatic carbocycles.